The second-order valence-electron chi connectivity index (χ2n) is 6.94. The molecule has 1 atom stereocenters. The molecule has 0 bridgehead atoms. The minimum absolute atomic E-state index is 0.227. The lowest BCUT2D eigenvalue weighted by Crippen LogP contribution is -3.14. The van der Waals surface area contributed by atoms with Crippen molar-refractivity contribution in [3.05, 3.63) is 44.1 Å². The van der Waals surface area contributed by atoms with Gasteiger partial charge < -0.3 is 15.0 Å². The molecule has 2 heterocycles. The number of nitrogens with zero attached hydrogens (tertiary/aromatic N) is 2. The SMILES string of the molecule is CCn1c(=O)c2ccc(Cl)cc2n([C@@H](C)C(=O)NCC[NH+]2CCOCC2)c1=O. The minimum atomic E-state index is -0.772. The average molecular weight is 410 g/mol. The van der Waals surface area contributed by atoms with Gasteiger partial charge in [0.05, 0.1) is 37.2 Å². The first kappa shape index (κ1) is 20.6. The van der Waals surface area contributed by atoms with E-state index >= 15 is 0 Å². The zero-order chi connectivity index (χ0) is 20.3. The molecule has 3 rings (SSSR count). The van der Waals surface area contributed by atoms with Crippen LogP contribution in [0.4, 0.5) is 0 Å². The van der Waals surface area contributed by atoms with Gasteiger partial charge in [-0.3, -0.25) is 18.7 Å². The van der Waals surface area contributed by atoms with Crippen molar-refractivity contribution in [2.45, 2.75) is 26.4 Å². The van der Waals surface area contributed by atoms with E-state index in [0.29, 0.717) is 22.5 Å². The van der Waals surface area contributed by atoms with Crippen LogP contribution >= 0.6 is 11.6 Å². The predicted octanol–water partition coefficient (Wildman–Crippen LogP) is -0.571. The van der Waals surface area contributed by atoms with Crippen molar-refractivity contribution in [1.29, 1.82) is 0 Å². The van der Waals surface area contributed by atoms with Crippen LogP contribution in [0.2, 0.25) is 5.02 Å². The van der Waals surface area contributed by atoms with E-state index in [1.165, 1.54) is 9.47 Å². The molecule has 28 heavy (non-hydrogen) atoms. The number of fused-ring (bicyclic) bond motifs is 1. The third-order valence-corrected chi connectivity index (χ3v) is 5.43. The Balaban J connectivity index is 1.86. The highest BCUT2D eigenvalue weighted by atomic mass is 35.5. The number of ether oxygens (including phenoxy) is 1. The summed E-state index contributed by atoms with van der Waals surface area (Å²) in [7, 11) is 0. The summed E-state index contributed by atoms with van der Waals surface area (Å²) in [6.07, 6.45) is 0. The highest BCUT2D eigenvalue weighted by molar-refractivity contribution is 6.31. The largest absolute Gasteiger partial charge is 0.370 e. The summed E-state index contributed by atoms with van der Waals surface area (Å²) in [6.45, 7) is 8.25. The highest BCUT2D eigenvalue weighted by Crippen LogP contribution is 2.18. The van der Waals surface area contributed by atoms with E-state index < -0.39 is 11.7 Å². The second kappa shape index (κ2) is 8.89. The first-order valence-electron chi connectivity index (χ1n) is 9.57. The van der Waals surface area contributed by atoms with Crippen molar-refractivity contribution < 1.29 is 14.4 Å². The Bertz CT molecular complexity index is 978. The summed E-state index contributed by atoms with van der Waals surface area (Å²) in [5, 5.41) is 3.67. The van der Waals surface area contributed by atoms with Gasteiger partial charge in [0.2, 0.25) is 5.91 Å². The van der Waals surface area contributed by atoms with Gasteiger partial charge in [0.25, 0.3) is 5.56 Å². The van der Waals surface area contributed by atoms with Gasteiger partial charge in [0.1, 0.15) is 19.1 Å². The van der Waals surface area contributed by atoms with Crippen LogP contribution in [0.3, 0.4) is 0 Å². The quantitative estimate of drug-likeness (QED) is 0.669. The Hall–Kier alpha value is -2.16. The molecule has 0 unspecified atom stereocenters. The lowest BCUT2D eigenvalue weighted by molar-refractivity contribution is -0.906. The Labute approximate surface area is 167 Å². The van der Waals surface area contributed by atoms with E-state index in [2.05, 4.69) is 5.32 Å². The van der Waals surface area contributed by atoms with Crippen LogP contribution in [0.5, 0.6) is 0 Å². The molecular weight excluding hydrogens is 384 g/mol. The first-order chi connectivity index (χ1) is 13.4. The Morgan fingerprint density at radius 1 is 1.32 bits per heavy atom. The molecule has 1 aliphatic heterocycles. The standard InChI is InChI=1S/C19H25ClN4O4/c1-3-23-18(26)15-5-4-14(20)12-16(15)24(19(23)27)13(2)17(25)21-6-7-22-8-10-28-11-9-22/h4-5,12-13H,3,6-11H2,1-2H3,(H,21,25)/p+1/t13-/m0/s1. The Kier molecular flexibility index (Phi) is 6.53. The Morgan fingerprint density at radius 2 is 2.04 bits per heavy atom. The molecule has 0 spiro atoms. The van der Waals surface area contributed by atoms with Crippen molar-refractivity contribution in [2.75, 3.05) is 39.4 Å². The van der Waals surface area contributed by atoms with Gasteiger partial charge in [-0.2, -0.15) is 0 Å². The maximum absolute atomic E-state index is 12.9. The van der Waals surface area contributed by atoms with E-state index in [0.717, 1.165) is 37.4 Å². The van der Waals surface area contributed by atoms with Crippen molar-refractivity contribution >= 4 is 28.4 Å². The lowest BCUT2D eigenvalue weighted by atomic mass is 10.2. The number of hydrogen-bond acceptors (Lipinski definition) is 4. The Morgan fingerprint density at radius 3 is 2.71 bits per heavy atom. The van der Waals surface area contributed by atoms with Crippen LogP contribution in [0.1, 0.15) is 19.9 Å². The number of aromatic nitrogens is 2. The van der Waals surface area contributed by atoms with Crippen LogP contribution in [-0.2, 0) is 16.1 Å². The zero-order valence-corrected chi connectivity index (χ0v) is 16.9. The molecule has 1 amide bonds. The van der Waals surface area contributed by atoms with Crippen LogP contribution < -0.4 is 21.5 Å². The van der Waals surface area contributed by atoms with Gasteiger partial charge in [0, 0.05) is 11.6 Å². The number of nitrogens with one attached hydrogen (secondary N) is 2. The van der Waals surface area contributed by atoms with Crippen molar-refractivity contribution in [2.24, 2.45) is 0 Å². The molecule has 1 aliphatic rings. The van der Waals surface area contributed by atoms with E-state index in [1.807, 2.05) is 0 Å². The number of amides is 1. The molecule has 0 radical (unpaired) electrons. The van der Waals surface area contributed by atoms with Gasteiger partial charge in [0.15, 0.2) is 0 Å². The molecule has 0 aliphatic carbocycles. The molecule has 2 aromatic rings. The number of carbonyl (C=O) groups excluding carboxylic acids is 1. The molecule has 1 aromatic heterocycles. The molecule has 2 N–H and O–H groups in total. The summed E-state index contributed by atoms with van der Waals surface area (Å²) in [5.74, 6) is -0.266. The normalized spacial score (nSPS) is 16.2. The fourth-order valence-corrected chi connectivity index (χ4v) is 3.71. The van der Waals surface area contributed by atoms with Gasteiger partial charge >= 0.3 is 5.69 Å². The number of morpholine rings is 1. The summed E-state index contributed by atoms with van der Waals surface area (Å²) < 4.78 is 7.82. The van der Waals surface area contributed by atoms with E-state index in [1.54, 1.807) is 32.0 Å². The molecular formula is C19H26ClN4O4+. The monoisotopic (exact) mass is 409 g/mol. The molecule has 0 saturated carbocycles. The van der Waals surface area contributed by atoms with Crippen LogP contribution in [-0.4, -0.2) is 54.4 Å². The number of halogens is 1. The van der Waals surface area contributed by atoms with E-state index in [9.17, 15) is 14.4 Å². The molecule has 9 heteroatoms. The second-order valence-corrected chi connectivity index (χ2v) is 7.38. The summed E-state index contributed by atoms with van der Waals surface area (Å²) >= 11 is 6.09. The number of carbonyl (C=O) groups is 1. The average Bonchev–Trinajstić information content (AvgIpc) is 2.68. The molecule has 152 valence electrons. The lowest BCUT2D eigenvalue weighted by Gasteiger charge is -2.24. The smallest absolute Gasteiger partial charge is 0.332 e. The summed E-state index contributed by atoms with van der Waals surface area (Å²) in [6, 6.07) is 3.98. The van der Waals surface area contributed by atoms with Crippen molar-refractivity contribution in [3.63, 3.8) is 0 Å². The third kappa shape index (κ3) is 4.14. The number of benzene rings is 1. The van der Waals surface area contributed by atoms with Gasteiger partial charge in [-0.05, 0) is 32.0 Å². The fourth-order valence-electron chi connectivity index (χ4n) is 3.54. The third-order valence-electron chi connectivity index (χ3n) is 5.19. The number of rotatable bonds is 6. The van der Waals surface area contributed by atoms with Gasteiger partial charge in [-0.1, -0.05) is 11.6 Å². The minimum Gasteiger partial charge on any atom is -0.370 e. The molecule has 1 aromatic carbocycles. The summed E-state index contributed by atoms with van der Waals surface area (Å²) in [5.41, 5.74) is -0.517. The van der Waals surface area contributed by atoms with Crippen molar-refractivity contribution in [3.8, 4) is 0 Å². The molecule has 8 nitrogen and oxygen atoms in total. The predicted molar refractivity (Wildman–Crippen MR) is 107 cm³/mol. The maximum atomic E-state index is 12.9. The molecule has 1 fully saturated rings. The zero-order valence-electron chi connectivity index (χ0n) is 16.2. The summed E-state index contributed by atoms with van der Waals surface area (Å²) in [4.78, 5) is 39.6. The fraction of sp³-hybridized carbons (Fsp3) is 0.526. The van der Waals surface area contributed by atoms with Gasteiger partial charge in [-0.25, -0.2) is 4.79 Å². The van der Waals surface area contributed by atoms with Crippen LogP contribution in [0.25, 0.3) is 10.9 Å². The van der Waals surface area contributed by atoms with Gasteiger partial charge in [-0.15, -0.1) is 0 Å². The molecule has 1 saturated heterocycles. The van der Waals surface area contributed by atoms with E-state index in [4.69, 9.17) is 16.3 Å². The maximum Gasteiger partial charge on any atom is 0.332 e. The highest BCUT2D eigenvalue weighted by Gasteiger charge is 2.22. The number of hydrogen-bond donors (Lipinski definition) is 2. The first-order valence-corrected chi connectivity index (χ1v) is 9.95. The van der Waals surface area contributed by atoms with Crippen LogP contribution in [0, 0.1) is 0 Å². The number of quaternary nitrogens is 1. The van der Waals surface area contributed by atoms with Crippen molar-refractivity contribution in [1.82, 2.24) is 14.5 Å². The van der Waals surface area contributed by atoms with E-state index in [-0.39, 0.29) is 18.0 Å². The van der Waals surface area contributed by atoms with Crippen LogP contribution in [0.15, 0.2) is 27.8 Å². The topological polar surface area (TPSA) is 86.8 Å².